The third-order valence-electron chi connectivity index (χ3n) is 4.73. The van der Waals surface area contributed by atoms with Gasteiger partial charge >= 0.3 is 6.03 Å². The molecule has 0 saturated carbocycles. The lowest BCUT2D eigenvalue weighted by atomic mass is 10.2. The van der Waals surface area contributed by atoms with Gasteiger partial charge in [0.25, 0.3) is 0 Å². The van der Waals surface area contributed by atoms with Crippen molar-refractivity contribution in [3.8, 4) is 5.75 Å². The van der Waals surface area contributed by atoms with Gasteiger partial charge in [-0.05, 0) is 42.3 Å². The van der Waals surface area contributed by atoms with E-state index in [1.807, 2.05) is 42.2 Å². The second kappa shape index (κ2) is 8.43. The van der Waals surface area contributed by atoms with Crippen LogP contribution in [-0.2, 0) is 6.54 Å². The Morgan fingerprint density at radius 1 is 1.12 bits per heavy atom. The summed E-state index contributed by atoms with van der Waals surface area (Å²) in [6.45, 7) is 5.92. The van der Waals surface area contributed by atoms with Gasteiger partial charge in [-0.3, -0.25) is 4.90 Å². The second-order valence-corrected chi connectivity index (χ2v) is 6.86. The Morgan fingerprint density at radius 2 is 1.81 bits per heavy atom. The Morgan fingerprint density at radius 3 is 2.46 bits per heavy atom. The number of nitrogens with one attached hydrogen (secondary N) is 1. The molecule has 0 aliphatic carbocycles. The molecule has 1 heterocycles. The Hall–Kier alpha value is -2.24. The van der Waals surface area contributed by atoms with E-state index in [-0.39, 0.29) is 6.03 Å². The van der Waals surface area contributed by atoms with Gasteiger partial charge in [0.05, 0.1) is 7.11 Å². The fraction of sp³-hybridized carbons (Fsp3) is 0.350. The molecule has 1 N–H and O–H groups in total. The number of methoxy groups -OCH3 is 1. The molecule has 0 atom stereocenters. The largest absolute Gasteiger partial charge is 0.497 e. The Kier molecular flexibility index (Phi) is 6.01. The Bertz CT molecular complexity index is 756. The van der Waals surface area contributed by atoms with Crippen LogP contribution in [0.4, 0.5) is 10.5 Å². The minimum Gasteiger partial charge on any atom is -0.497 e. The molecular weight excluding hydrogens is 350 g/mol. The van der Waals surface area contributed by atoms with Crippen LogP contribution in [0.5, 0.6) is 5.75 Å². The van der Waals surface area contributed by atoms with E-state index in [1.165, 1.54) is 5.56 Å². The number of anilines is 1. The van der Waals surface area contributed by atoms with Crippen LogP contribution in [0.3, 0.4) is 0 Å². The molecule has 6 heteroatoms. The predicted octanol–water partition coefficient (Wildman–Crippen LogP) is 4.01. The fourth-order valence-electron chi connectivity index (χ4n) is 3.04. The van der Waals surface area contributed by atoms with Crippen molar-refractivity contribution in [2.45, 2.75) is 13.5 Å². The third kappa shape index (κ3) is 4.48. The van der Waals surface area contributed by atoms with Gasteiger partial charge in [0.2, 0.25) is 0 Å². The van der Waals surface area contributed by atoms with Crippen molar-refractivity contribution >= 4 is 23.3 Å². The lowest BCUT2D eigenvalue weighted by Gasteiger charge is -2.34. The van der Waals surface area contributed by atoms with E-state index in [9.17, 15) is 4.79 Å². The first kappa shape index (κ1) is 18.5. The Labute approximate surface area is 159 Å². The molecule has 1 fully saturated rings. The first-order valence-corrected chi connectivity index (χ1v) is 9.11. The Balaban J connectivity index is 1.51. The molecule has 0 radical (unpaired) electrons. The van der Waals surface area contributed by atoms with Gasteiger partial charge in [0.1, 0.15) is 5.75 Å². The maximum atomic E-state index is 12.5. The van der Waals surface area contributed by atoms with E-state index < -0.39 is 0 Å². The summed E-state index contributed by atoms with van der Waals surface area (Å²) in [7, 11) is 1.67. The topological polar surface area (TPSA) is 44.8 Å². The number of hydrogen-bond donors (Lipinski definition) is 1. The molecule has 0 bridgehead atoms. The van der Waals surface area contributed by atoms with E-state index in [0.29, 0.717) is 18.1 Å². The van der Waals surface area contributed by atoms with Crippen LogP contribution in [0, 0.1) is 6.92 Å². The minimum absolute atomic E-state index is 0.0699. The van der Waals surface area contributed by atoms with E-state index in [0.717, 1.165) is 36.6 Å². The van der Waals surface area contributed by atoms with E-state index >= 15 is 0 Å². The van der Waals surface area contributed by atoms with Crippen LogP contribution in [-0.4, -0.2) is 49.1 Å². The third-order valence-corrected chi connectivity index (χ3v) is 5.14. The van der Waals surface area contributed by atoms with Crippen LogP contribution < -0.4 is 10.1 Å². The van der Waals surface area contributed by atoms with Crippen molar-refractivity contribution in [1.82, 2.24) is 9.80 Å². The molecule has 5 nitrogen and oxygen atoms in total. The van der Waals surface area contributed by atoms with Crippen molar-refractivity contribution in [2.24, 2.45) is 0 Å². The van der Waals surface area contributed by atoms with E-state index in [2.05, 4.69) is 22.3 Å². The van der Waals surface area contributed by atoms with Crippen molar-refractivity contribution in [2.75, 3.05) is 38.6 Å². The first-order valence-electron chi connectivity index (χ1n) is 8.73. The first-order chi connectivity index (χ1) is 12.6. The predicted molar refractivity (Wildman–Crippen MR) is 105 cm³/mol. The highest BCUT2D eigenvalue weighted by Crippen LogP contribution is 2.23. The molecule has 26 heavy (non-hydrogen) atoms. The van der Waals surface area contributed by atoms with Crippen LogP contribution >= 0.6 is 11.6 Å². The molecule has 0 spiro atoms. The summed E-state index contributed by atoms with van der Waals surface area (Å²) in [4.78, 5) is 16.7. The van der Waals surface area contributed by atoms with Crippen molar-refractivity contribution in [1.29, 1.82) is 0 Å². The van der Waals surface area contributed by atoms with Crippen molar-refractivity contribution in [3.05, 3.63) is 58.6 Å². The maximum Gasteiger partial charge on any atom is 0.321 e. The molecule has 1 aliphatic heterocycles. The SMILES string of the molecule is COc1ccc(CN2CCN(C(=O)Nc3cccc(Cl)c3C)CC2)cc1. The number of amides is 2. The molecule has 138 valence electrons. The highest BCUT2D eigenvalue weighted by molar-refractivity contribution is 6.31. The summed E-state index contributed by atoms with van der Waals surface area (Å²) < 4.78 is 5.19. The zero-order valence-corrected chi connectivity index (χ0v) is 15.9. The van der Waals surface area contributed by atoms with Crippen molar-refractivity contribution < 1.29 is 9.53 Å². The lowest BCUT2D eigenvalue weighted by molar-refractivity contribution is 0.143. The van der Waals surface area contributed by atoms with Gasteiger partial charge in [0.15, 0.2) is 0 Å². The quantitative estimate of drug-likeness (QED) is 0.880. The number of benzene rings is 2. The summed E-state index contributed by atoms with van der Waals surface area (Å²) >= 11 is 6.12. The van der Waals surface area contributed by atoms with Gasteiger partial charge < -0.3 is 15.0 Å². The standard InChI is InChI=1S/C20H24ClN3O2/c1-15-18(21)4-3-5-19(15)22-20(25)24-12-10-23(11-13-24)14-16-6-8-17(26-2)9-7-16/h3-9H,10-14H2,1-2H3,(H,22,25). The fourth-order valence-corrected chi connectivity index (χ4v) is 3.21. The van der Waals surface area contributed by atoms with Gasteiger partial charge in [0, 0.05) is 43.4 Å². The van der Waals surface area contributed by atoms with Gasteiger partial charge in [-0.1, -0.05) is 29.8 Å². The van der Waals surface area contributed by atoms with E-state index in [4.69, 9.17) is 16.3 Å². The van der Waals surface area contributed by atoms with Crippen LogP contribution in [0.15, 0.2) is 42.5 Å². The van der Waals surface area contributed by atoms with E-state index in [1.54, 1.807) is 7.11 Å². The number of hydrogen-bond acceptors (Lipinski definition) is 3. The number of ether oxygens (including phenoxy) is 1. The molecule has 2 amide bonds. The van der Waals surface area contributed by atoms with Gasteiger partial charge in [-0.25, -0.2) is 4.79 Å². The molecule has 2 aromatic carbocycles. The van der Waals surface area contributed by atoms with Crippen LogP contribution in [0.25, 0.3) is 0 Å². The molecule has 3 rings (SSSR count). The smallest absolute Gasteiger partial charge is 0.321 e. The summed E-state index contributed by atoms with van der Waals surface area (Å²) in [5.41, 5.74) is 2.90. The number of urea groups is 1. The van der Waals surface area contributed by atoms with Gasteiger partial charge in [-0.15, -0.1) is 0 Å². The second-order valence-electron chi connectivity index (χ2n) is 6.45. The molecule has 0 aromatic heterocycles. The average Bonchev–Trinajstić information content (AvgIpc) is 2.66. The molecule has 1 aliphatic rings. The number of halogens is 1. The molecular formula is C20H24ClN3O2. The zero-order chi connectivity index (χ0) is 18.5. The number of rotatable bonds is 4. The molecule has 1 saturated heterocycles. The summed E-state index contributed by atoms with van der Waals surface area (Å²) in [6.07, 6.45) is 0. The summed E-state index contributed by atoms with van der Waals surface area (Å²) in [5.74, 6) is 0.867. The minimum atomic E-state index is -0.0699. The number of piperazine rings is 1. The zero-order valence-electron chi connectivity index (χ0n) is 15.2. The highest BCUT2D eigenvalue weighted by atomic mass is 35.5. The monoisotopic (exact) mass is 373 g/mol. The lowest BCUT2D eigenvalue weighted by Crippen LogP contribution is -2.49. The van der Waals surface area contributed by atoms with Crippen LogP contribution in [0.2, 0.25) is 5.02 Å². The van der Waals surface area contributed by atoms with Gasteiger partial charge in [-0.2, -0.15) is 0 Å². The van der Waals surface area contributed by atoms with Crippen LogP contribution in [0.1, 0.15) is 11.1 Å². The normalized spacial score (nSPS) is 15.0. The molecule has 0 unspecified atom stereocenters. The number of carbonyl (C=O) groups excluding carboxylic acids is 1. The number of carbonyl (C=O) groups is 1. The summed E-state index contributed by atoms with van der Waals surface area (Å²) in [5, 5.41) is 3.63. The highest BCUT2D eigenvalue weighted by Gasteiger charge is 2.21. The summed E-state index contributed by atoms with van der Waals surface area (Å²) in [6, 6.07) is 13.6. The number of nitrogens with zero attached hydrogens (tertiary/aromatic N) is 2. The average molecular weight is 374 g/mol. The maximum absolute atomic E-state index is 12.5. The van der Waals surface area contributed by atoms with Crippen molar-refractivity contribution in [3.63, 3.8) is 0 Å². The molecule has 2 aromatic rings.